The maximum absolute atomic E-state index is 14.0. The lowest BCUT2D eigenvalue weighted by Gasteiger charge is -2.33. The van der Waals surface area contributed by atoms with Crippen LogP contribution in [0.2, 0.25) is 10.0 Å². The molecule has 6 nitrogen and oxygen atoms in total. The van der Waals surface area contributed by atoms with E-state index in [1.807, 2.05) is 11.9 Å². The third-order valence-electron chi connectivity index (χ3n) is 6.55. The van der Waals surface area contributed by atoms with E-state index in [1.165, 1.54) is 25.1 Å². The van der Waals surface area contributed by atoms with Gasteiger partial charge in [0, 0.05) is 41.3 Å². The summed E-state index contributed by atoms with van der Waals surface area (Å²) >= 11 is 12.5. The van der Waals surface area contributed by atoms with Gasteiger partial charge in [0.1, 0.15) is 0 Å². The number of aryl methyl sites for hydroxylation is 1. The summed E-state index contributed by atoms with van der Waals surface area (Å²) in [6.07, 6.45) is -2.93. The number of carbonyl (C=O) groups is 1. The first-order chi connectivity index (χ1) is 17.3. The van der Waals surface area contributed by atoms with E-state index in [0.29, 0.717) is 23.7 Å². The fourth-order valence-corrected chi connectivity index (χ4v) is 6.06. The van der Waals surface area contributed by atoms with Crippen LogP contribution in [0, 0.1) is 6.92 Å². The number of hydrogen-bond acceptors (Lipinski definition) is 5. The molecule has 12 heteroatoms. The average Bonchev–Trinajstić information content (AvgIpc) is 2.84. The minimum absolute atomic E-state index is 0.00780. The Labute approximate surface area is 225 Å². The number of benzene rings is 2. The van der Waals surface area contributed by atoms with Crippen LogP contribution in [0.3, 0.4) is 0 Å². The van der Waals surface area contributed by atoms with Gasteiger partial charge in [0.25, 0.3) is 5.91 Å². The van der Waals surface area contributed by atoms with Gasteiger partial charge < -0.3 is 10.6 Å². The van der Waals surface area contributed by atoms with Gasteiger partial charge in [-0.05, 0) is 74.3 Å². The number of halogens is 5. The largest absolute Gasteiger partial charge is 0.416 e. The summed E-state index contributed by atoms with van der Waals surface area (Å²) in [6.45, 7) is 4.16. The van der Waals surface area contributed by atoms with Crippen LogP contribution < -0.4 is 10.6 Å². The number of amides is 1. The van der Waals surface area contributed by atoms with Crippen LogP contribution in [0.1, 0.15) is 52.4 Å². The number of carbonyl (C=O) groups excluding carboxylic acids is 1. The third-order valence-corrected chi connectivity index (χ3v) is 9.11. The number of alkyl halides is 3. The normalized spacial score (nSPS) is 17.1. The Morgan fingerprint density at radius 2 is 1.86 bits per heavy atom. The van der Waals surface area contributed by atoms with Gasteiger partial charge in [0.05, 0.1) is 16.2 Å². The predicted octanol–water partition coefficient (Wildman–Crippen LogP) is 5.23. The second-order valence-corrected chi connectivity index (χ2v) is 12.2. The SMILES string of the molecule is CCS(=O)(=O)c1cc(C)c(Cl)cc1CNC(=O)c1cc(Cl)c(CN2CCC[C@H](NC)C2)c(C(F)(F)F)c1. The zero-order valence-electron chi connectivity index (χ0n) is 20.8. The van der Waals surface area contributed by atoms with Crippen molar-refractivity contribution in [2.45, 2.75) is 56.9 Å². The minimum atomic E-state index is -4.72. The molecule has 2 aromatic rings. The Balaban J connectivity index is 1.88. The van der Waals surface area contributed by atoms with Crippen molar-refractivity contribution in [2.24, 2.45) is 0 Å². The van der Waals surface area contributed by atoms with Crippen molar-refractivity contribution in [1.82, 2.24) is 15.5 Å². The fourth-order valence-electron chi connectivity index (χ4n) is 4.40. The van der Waals surface area contributed by atoms with Crippen LogP contribution in [0.5, 0.6) is 0 Å². The number of sulfone groups is 1. The molecule has 0 radical (unpaired) electrons. The molecule has 1 saturated heterocycles. The maximum Gasteiger partial charge on any atom is 0.416 e. The molecule has 1 atom stereocenters. The summed E-state index contributed by atoms with van der Waals surface area (Å²) in [6, 6.07) is 5.06. The van der Waals surface area contributed by atoms with Gasteiger partial charge in [-0.2, -0.15) is 13.2 Å². The average molecular weight is 581 g/mol. The molecule has 1 amide bonds. The van der Waals surface area contributed by atoms with E-state index in [2.05, 4.69) is 10.6 Å². The standard InChI is InChI=1S/C25H30Cl2F3N3O3S/c1-4-37(35,36)23-8-15(2)21(26)11-17(23)12-32-24(34)16-9-20(25(28,29)30)19(22(27)10-16)14-33-7-5-6-18(13-33)31-3/h8-11,18,31H,4-7,12-14H2,1-3H3,(H,32,34)/t18-/m0/s1. The van der Waals surface area contributed by atoms with Crippen LogP contribution in [-0.4, -0.2) is 51.2 Å². The highest BCUT2D eigenvalue weighted by atomic mass is 35.5. The number of nitrogens with one attached hydrogen (secondary N) is 2. The second-order valence-electron chi connectivity index (χ2n) is 9.14. The number of likely N-dealkylation sites (N-methyl/N-ethyl adjacent to an activating group) is 1. The molecule has 3 rings (SSSR count). The lowest BCUT2D eigenvalue weighted by molar-refractivity contribution is -0.138. The van der Waals surface area contributed by atoms with Crippen LogP contribution >= 0.6 is 23.2 Å². The van der Waals surface area contributed by atoms with Crippen molar-refractivity contribution in [3.63, 3.8) is 0 Å². The monoisotopic (exact) mass is 579 g/mol. The zero-order chi connectivity index (χ0) is 27.5. The molecular weight excluding hydrogens is 550 g/mol. The van der Waals surface area contributed by atoms with Crippen molar-refractivity contribution >= 4 is 38.9 Å². The van der Waals surface area contributed by atoms with Crippen molar-refractivity contribution < 1.29 is 26.4 Å². The number of hydrogen-bond donors (Lipinski definition) is 2. The Hall–Kier alpha value is -1.85. The lowest BCUT2D eigenvalue weighted by Crippen LogP contribution is -2.44. The highest BCUT2D eigenvalue weighted by molar-refractivity contribution is 7.91. The predicted molar refractivity (Wildman–Crippen MR) is 139 cm³/mol. The van der Waals surface area contributed by atoms with Gasteiger partial charge in [-0.25, -0.2) is 8.42 Å². The Bertz CT molecular complexity index is 1270. The molecular formula is C25H30Cl2F3N3O3S. The molecule has 2 aromatic carbocycles. The third kappa shape index (κ3) is 7.17. The van der Waals surface area contributed by atoms with E-state index >= 15 is 0 Å². The van der Waals surface area contributed by atoms with Crippen LogP contribution in [0.15, 0.2) is 29.2 Å². The first-order valence-electron chi connectivity index (χ1n) is 11.9. The van der Waals surface area contributed by atoms with Gasteiger partial charge in [0.2, 0.25) is 0 Å². The molecule has 0 spiro atoms. The Morgan fingerprint density at radius 3 is 2.49 bits per heavy atom. The minimum Gasteiger partial charge on any atom is -0.348 e. The fraction of sp³-hybridized carbons (Fsp3) is 0.480. The molecule has 0 saturated carbocycles. The topological polar surface area (TPSA) is 78.5 Å². The van der Waals surface area contributed by atoms with Crippen LogP contribution in [-0.2, 0) is 29.1 Å². The Morgan fingerprint density at radius 1 is 1.16 bits per heavy atom. The van der Waals surface area contributed by atoms with Crippen molar-refractivity contribution in [2.75, 3.05) is 25.9 Å². The van der Waals surface area contributed by atoms with Gasteiger partial charge >= 0.3 is 6.18 Å². The van der Waals surface area contributed by atoms with E-state index in [0.717, 1.165) is 18.9 Å². The lowest BCUT2D eigenvalue weighted by atomic mass is 10.00. The van der Waals surface area contributed by atoms with Gasteiger partial charge in [-0.15, -0.1) is 0 Å². The molecule has 1 aliphatic rings. The summed E-state index contributed by atoms with van der Waals surface area (Å²) in [5, 5.41) is 5.83. The summed E-state index contributed by atoms with van der Waals surface area (Å²) < 4.78 is 67.1. The number of piperidine rings is 1. The van der Waals surface area contributed by atoms with E-state index < -0.39 is 27.5 Å². The molecule has 37 heavy (non-hydrogen) atoms. The number of nitrogens with zero attached hydrogens (tertiary/aromatic N) is 1. The van der Waals surface area contributed by atoms with E-state index in [4.69, 9.17) is 23.2 Å². The van der Waals surface area contributed by atoms with Crippen molar-refractivity contribution in [3.05, 3.63) is 62.1 Å². The summed E-state index contributed by atoms with van der Waals surface area (Å²) in [7, 11) is -1.81. The highest BCUT2D eigenvalue weighted by Gasteiger charge is 2.36. The summed E-state index contributed by atoms with van der Waals surface area (Å²) in [5.41, 5.74) is -0.524. The van der Waals surface area contributed by atoms with Crippen molar-refractivity contribution in [3.8, 4) is 0 Å². The van der Waals surface area contributed by atoms with E-state index in [1.54, 1.807) is 6.92 Å². The molecule has 0 bridgehead atoms. The quantitative estimate of drug-likeness (QED) is 0.448. The molecule has 0 aromatic heterocycles. The van der Waals surface area contributed by atoms with Crippen LogP contribution in [0.4, 0.5) is 13.2 Å². The second kappa shape index (κ2) is 11.9. The number of likely N-dealkylation sites (tertiary alicyclic amines) is 1. The van der Waals surface area contributed by atoms with E-state index in [-0.39, 0.29) is 51.5 Å². The molecule has 1 aliphatic heterocycles. The van der Waals surface area contributed by atoms with E-state index in [9.17, 15) is 26.4 Å². The van der Waals surface area contributed by atoms with Crippen molar-refractivity contribution in [1.29, 1.82) is 0 Å². The Kier molecular flexibility index (Phi) is 9.56. The number of rotatable bonds is 8. The summed E-state index contributed by atoms with van der Waals surface area (Å²) in [4.78, 5) is 14.8. The van der Waals surface area contributed by atoms with Gasteiger partial charge in [0.15, 0.2) is 9.84 Å². The smallest absolute Gasteiger partial charge is 0.348 e. The maximum atomic E-state index is 14.0. The first kappa shape index (κ1) is 29.7. The first-order valence-corrected chi connectivity index (χ1v) is 14.3. The summed E-state index contributed by atoms with van der Waals surface area (Å²) in [5.74, 6) is -0.976. The van der Waals surface area contributed by atoms with Crippen LogP contribution in [0.25, 0.3) is 0 Å². The van der Waals surface area contributed by atoms with Gasteiger partial charge in [-0.3, -0.25) is 9.69 Å². The molecule has 1 fully saturated rings. The highest BCUT2D eigenvalue weighted by Crippen LogP contribution is 2.37. The molecule has 2 N–H and O–H groups in total. The molecule has 0 aliphatic carbocycles. The molecule has 204 valence electrons. The zero-order valence-corrected chi connectivity index (χ0v) is 23.1. The molecule has 1 heterocycles. The molecule has 0 unspecified atom stereocenters. The van der Waals surface area contributed by atoms with Gasteiger partial charge in [-0.1, -0.05) is 30.1 Å².